The van der Waals surface area contributed by atoms with Crippen LogP contribution in [0.3, 0.4) is 0 Å². The van der Waals surface area contributed by atoms with Crippen molar-refractivity contribution >= 4 is 58.7 Å². The molecule has 13 nitrogen and oxygen atoms in total. The molecular formula is C18H15ClN4O9S. The molecule has 3 heterocycles. The van der Waals surface area contributed by atoms with E-state index in [1.165, 1.54) is 4.90 Å². The molecule has 174 valence electrons. The average molecular weight is 499 g/mol. The molecule has 1 aromatic carbocycles. The van der Waals surface area contributed by atoms with Gasteiger partial charge in [0.1, 0.15) is 0 Å². The summed E-state index contributed by atoms with van der Waals surface area (Å²) in [6, 6.07) is 1.93. The summed E-state index contributed by atoms with van der Waals surface area (Å²) in [7, 11) is 0. The van der Waals surface area contributed by atoms with Crippen LogP contribution in [0.1, 0.15) is 16.8 Å². The lowest BCUT2D eigenvalue weighted by Crippen LogP contribution is -2.67. The van der Waals surface area contributed by atoms with E-state index in [0.717, 1.165) is 28.8 Å². The molecule has 0 aromatic heterocycles. The Kier molecular flexibility index (Phi) is 5.36. The van der Waals surface area contributed by atoms with E-state index in [9.17, 15) is 44.1 Å². The smallest absolute Gasteiger partial charge is 0.342 e. The second-order valence-corrected chi connectivity index (χ2v) is 9.20. The Balaban J connectivity index is 1.48. The fraction of sp³-hybridized carbons (Fsp3) is 0.333. The van der Waals surface area contributed by atoms with Crippen LogP contribution in [0.5, 0.6) is 11.5 Å². The minimum Gasteiger partial charge on any atom is -0.504 e. The number of piperazine rings is 1. The van der Waals surface area contributed by atoms with Crippen molar-refractivity contribution < 1.29 is 44.1 Å². The first kappa shape index (κ1) is 22.7. The molecule has 4 N–H and O–H groups in total. The van der Waals surface area contributed by atoms with Crippen molar-refractivity contribution in [3.05, 3.63) is 22.7 Å². The second-order valence-electron chi connectivity index (χ2n) is 7.37. The lowest BCUT2D eigenvalue weighted by atomic mass is 10.1. The predicted molar refractivity (Wildman–Crippen MR) is 109 cm³/mol. The number of phenols is 2. The average Bonchev–Trinajstić information content (AvgIpc) is 3.09. The lowest BCUT2D eigenvalue weighted by molar-refractivity contribution is -0.167. The number of phenolic OH excluding ortho intramolecular Hbond substituents is 2. The van der Waals surface area contributed by atoms with E-state index in [0.29, 0.717) is 5.01 Å². The van der Waals surface area contributed by atoms with E-state index >= 15 is 0 Å². The molecule has 3 aliphatic rings. The van der Waals surface area contributed by atoms with Gasteiger partial charge >= 0.3 is 23.7 Å². The number of carboxylic acid groups (broad SMARTS) is 1. The minimum absolute atomic E-state index is 0.134. The van der Waals surface area contributed by atoms with Crippen molar-refractivity contribution in [1.29, 1.82) is 0 Å². The number of ketones is 1. The Labute approximate surface area is 193 Å². The molecule has 2 atom stereocenters. The Morgan fingerprint density at radius 3 is 2.42 bits per heavy atom. The van der Waals surface area contributed by atoms with E-state index in [-0.39, 0.29) is 32.0 Å². The Morgan fingerprint density at radius 2 is 1.82 bits per heavy atom. The number of hydrogen-bond acceptors (Lipinski definition) is 9. The number of aromatic hydroxyl groups is 2. The first-order valence-corrected chi connectivity index (χ1v) is 10.6. The number of thioether (sulfide) groups is 1. The fourth-order valence-corrected chi connectivity index (χ4v) is 5.56. The number of aliphatic carboxylic acids is 1. The van der Waals surface area contributed by atoms with Crippen molar-refractivity contribution in [2.75, 3.05) is 19.6 Å². The van der Waals surface area contributed by atoms with Crippen molar-refractivity contribution in [1.82, 2.24) is 20.2 Å². The van der Waals surface area contributed by atoms with Gasteiger partial charge in [-0.05, 0) is 12.1 Å². The zero-order chi connectivity index (χ0) is 24.2. The van der Waals surface area contributed by atoms with Gasteiger partial charge in [-0.1, -0.05) is 23.4 Å². The van der Waals surface area contributed by atoms with Crippen LogP contribution in [0.4, 0.5) is 0 Å². The van der Waals surface area contributed by atoms with Crippen molar-refractivity contribution in [2.24, 2.45) is 0 Å². The summed E-state index contributed by atoms with van der Waals surface area (Å²) in [5.41, 5.74) is 1.52. The van der Waals surface area contributed by atoms with Gasteiger partial charge in [0.25, 0.3) is 5.78 Å². The molecule has 0 saturated carbocycles. The third kappa shape index (κ3) is 3.41. The van der Waals surface area contributed by atoms with Crippen LogP contribution >= 0.6 is 23.4 Å². The molecule has 4 rings (SSSR count). The topological polar surface area (TPSA) is 185 Å². The summed E-state index contributed by atoms with van der Waals surface area (Å²) in [6.07, 6.45) is 0.134. The third-order valence-corrected chi connectivity index (χ3v) is 7.50. The molecule has 33 heavy (non-hydrogen) atoms. The molecule has 1 aromatic rings. The van der Waals surface area contributed by atoms with E-state index in [2.05, 4.69) is 0 Å². The maximum Gasteiger partial charge on any atom is 0.342 e. The number of nitrogens with zero attached hydrogens (tertiary/aromatic N) is 3. The second kappa shape index (κ2) is 7.81. The number of rotatable bonds is 5. The number of benzene rings is 1. The van der Waals surface area contributed by atoms with Gasteiger partial charge < -0.3 is 25.1 Å². The van der Waals surface area contributed by atoms with E-state index in [1.807, 2.05) is 5.43 Å². The lowest BCUT2D eigenvalue weighted by Gasteiger charge is -2.41. The fourth-order valence-electron chi connectivity index (χ4n) is 3.71. The summed E-state index contributed by atoms with van der Waals surface area (Å²) in [5.74, 6) is -8.17. The zero-order valence-electron chi connectivity index (χ0n) is 16.5. The Morgan fingerprint density at radius 1 is 1.12 bits per heavy atom. The summed E-state index contributed by atoms with van der Waals surface area (Å²) < 4.78 is 0. The number of hydrogen-bond donors (Lipinski definition) is 4. The molecular weight excluding hydrogens is 484 g/mol. The molecule has 3 saturated heterocycles. The minimum atomic E-state index is -1.84. The van der Waals surface area contributed by atoms with Crippen LogP contribution in [0.15, 0.2) is 12.1 Å². The number of β-lactam (4-membered cyclic amide) rings is 1. The molecule has 0 bridgehead atoms. The number of carbonyl (C=O) groups is 6. The number of fused-ring (bicyclic) bond motifs is 1. The van der Waals surface area contributed by atoms with Crippen LogP contribution in [0, 0.1) is 0 Å². The molecule has 0 aliphatic carbocycles. The van der Waals surface area contributed by atoms with Gasteiger partial charge in [0, 0.05) is 6.54 Å². The van der Waals surface area contributed by atoms with Gasteiger partial charge in [-0.3, -0.25) is 29.4 Å². The number of Topliss-reactive ketones (excluding diaryl/α,β-unsaturated/α-hetero) is 1. The number of nitrogens with one attached hydrogen (secondary N) is 1. The third-order valence-electron chi connectivity index (χ3n) is 5.51. The van der Waals surface area contributed by atoms with Crippen LogP contribution in [0.25, 0.3) is 0 Å². The molecule has 3 fully saturated rings. The highest BCUT2D eigenvalue weighted by molar-refractivity contribution is 8.02. The number of amides is 4. The number of hydrazine groups is 1. The summed E-state index contributed by atoms with van der Waals surface area (Å²) in [4.78, 5) is 74.1. The van der Waals surface area contributed by atoms with Gasteiger partial charge in [-0.2, -0.15) is 0 Å². The molecule has 0 radical (unpaired) electrons. The van der Waals surface area contributed by atoms with E-state index < -0.39 is 61.8 Å². The summed E-state index contributed by atoms with van der Waals surface area (Å²) in [5, 5.41) is 28.4. The van der Waals surface area contributed by atoms with Gasteiger partial charge in [-0.25, -0.2) is 9.80 Å². The Bertz CT molecular complexity index is 1140. The van der Waals surface area contributed by atoms with E-state index in [1.54, 1.807) is 0 Å². The monoisotopic (exact) mass is 498 g/mol. The van der Waals surface area contributed by atoms with Crippen LogP contribution in [-0.2, 0) is 24.0 Å². The molecule has 3 aliphatic heterocycles. The normalized spacial score (nSPS) is 24.5. The van der Waals surface area contributed by atoms with Crippen molar-refractivity contribution in [3.8, 4) is 11.5 Å². The number of carboxylic acids is 1. The standard InChI is InChI=1S/C18H15ClN4O9S/c19-11-7(1-2-8(24)13(11)27)12(26)14(28)20-23-4-3-22(15(29)16(23)30)18(17(31)32)6-21-9(25)5-10(21)33-18/h1-2,10,24,27H,3-6H2,(H,20,28)(H,31,32). The van der Waals surface area contributed by atoms with Crippen LogP contribution in [0.2, 0.25) is 5.02 Å². The van der Waals surface area contributed by atoms with Crippen molar-refractivity contribution in [2.45, 2.75) is 16.7 Å². The molecule has 2 unspecified atom stereocenters. The maximum atomic E-state index is 12.7. The molecule has 0 spiro atoms. The Hall–Kier alpha value is -3.52. The van der Waals surface area contributed by atoms with Crippen molar-refractivity contribution in [3.63, 3.8) is 0 Å². The van der Waals surface area contributed by atoms with Gasteiger partial charge in [0.15, 0.2) is 11.5 Å². The highest BCUT2D eigenvalue weighted by atomic mass is 35.5. The molecule has 15 heteroatoms. The highest BCUT2D eigenvalue weighted by Gasteiger charge is 2.62. The van der Waals surface area contributed by atoms with Gasteiger partial charge in [0.2, 0.25) is 10.8 Å². The van der Waals surface area contributed by atoms with E-state index in [4.69, 9.17) is 11.6 Å². The van der Waals surface area contributed by atoms with Crippen LogP contribution in [-0.4, -0.2) is 95.4 Å². The summed E-state index contributed by atoms with van der Waals surface area (Å²) in [6.45, 7) is -0.886. The van der Waals surface area contributed by atoms with Gasteiger partial charge in [-0.15, -0.1) is 0 Å². The first-order chi connectivity index (χ1) is 15.5. The summed E-state index contributed by atoms with van der Waals surface area (Å²) >= 11 is 6.66. The number of halogens is 1. The maximum absolute atomic E-state index is 12.7. The largest absolute Gasteiger partial charge is 0.504 e. The highest BCUT2D eigenvalue weighted by Crippen LogP contribution is 2.49. The van der Waals surface area contributed by atoms with Gasteiger partial charge in [0.05, 0.1) is 35.5 Å². The number of carbonyl (C=O) groups excluding carboxylic acids is 5. The SMILES string of the molecule is O=C(NN1CCN(C2(C(=O)O)CN3C(=O)CC3S2)C(=O)C1=O)C(=O)c1ccc(O)c(O)c1Cl. The quantitative estimate of drug-likeness (QED) is 0.165. The molecule has 4 amide bonds. The zero-order valence-corrected chi connectivity index (χ0v) is 18.1. The first-order valence-electron chi connectivity index (χ1n) is 9.38. The van der Waals surface area contributed by atoms with Crippen LogP contribution < -0.4 is 5.43 Å². The predicted octanol–water partition coefficient (Wildman–Crippen LogP) is -1.28.